The fourth-order valence-electron chi connectivity index (χ4n) is 3.60. The van der Waals surface area contributed by atoms with Crippen molar-refractivity contribution in [1.82, 2.24) is 9.88 Å². The molecule has 3 aromatic rings. The van der Waals surface area contributed by atoms with E-state index in [0.29, 0.717) is 0 Å². The molecule has 27 heavy (non-hydrogen) atoms. The Kier molecular flexibility index (Phi) is 5.90. The molecule has 0 amide bonds. The van der Waals surface area contributed by atoms with Crippen LogP contribution in [-0.2, 0) is 0 Å². The highest BCUT2D eigenvalue weighted by Gasteiger charge is 2.19. The fourth-order valence-corrected chi connectivity index (χ4v) is 4.47. The van der Waals surface area contributed by atoms with E-state index >= 15 is 0 Å². The summed E-state index contributed by atoms with van der Waals surface area (Å²) in [4.78, 5) is 7.19. The average molecular weight is 382 g/mol. The molecule has 1 fully saturated rings. The Labute approximate surface area is 165 Å². The zero-order valence-electron chi connectivity index (χ0n) is 15.9. The van der Waals surface area contributed by atoms with Crippen molar-refractivity contribution in [3.8, 4) is 5.75 Å². The first-order chi connectivity index (χ1) is 13.3. The van der Waals surface area contributed by atoms with Crippen LogP contribution in [0.4, 0.5) is 5.13 Å². The summed E-state index contributed by atoms with van der Waals surface area (Å²) in [5, 5.41) is 4.60. The van der Waals surface area contributed by atoms with Crippen LogP contribution in [0, 0.1) is 12.8 Å². The van der Waals surface area contributed by atoms with Crippen LogP contribution in [0.1, 0.15) is 18.4 Å². The summed E-state index contributed by atoms with van der Waals surface area (Å²) >= 11 is 1.75. The van der Waals surface area contributed by atoms with Crippen LogP contribution in [0.5, 0.6) is 5.75 Å². The maximum atomic E-state index is 5.94. The molecule has 1 saturated heterocycles. The van der Waals surface area contributed by atoms with Crippen molar-refractivity contribution in [2.45, 2.75) is 19.8 Å². The van der Waals surface area contributed by atoms with Crippen LogP contribution >= 0.6 is 11.3 Å². The van der Waals surface area contributed by atoms with Gasteiger partial charge >= 0.3 is 0 Å². The van der Waals surface area contributed by atoms with Crippen LogP contribution < -0.4 is 10.1 Å². The Morgan fingerprint density at radius 1 is 1.11 bits per heavy atom. The van der Waals surface area contributed by atoms with Crippen LogP contribution in [-0.4, -0.2) is 42.7 Å². The Morgan fingerprint density at radius 3 is 2.70 bits per heavy atom. The zero-order chi connectivity index (χ0) is 18.5. The molecule has 0 spiro atoms. The number of likely N-dealkylation sites (tertiary alicyclic amines) is 1. The van der Waals surface area contributed by atoms with Crippen molar-refractivity contribution in [3.63, 3.8) is 0 Å². The third-order valence-electron chi connectivity index (χ3n) is 5.30. The van der Waals surface area contributed by atoms with Crippen molar-refractivity contribution < 1.29 is 4.74 Å². The Bertz CT molecular complexity index is 838. The summed E-state index contributed by atoms with van der Waals surface area (Å²) in [5.74, 6) is 1.73. The minimum Gasteiger partial charge on any atom is -0.492 e. The second kappa shape index (κ2) is 8.72. The van der Waals surface area contributed by atoms with E-state index in [1.807, 2.05) is 12.1 Å². The number of aromatic nitrogens is 1. The third kappa shape index (κ3) is 4.79. The third-order valence-corrected chi connectivity index (χ3v) is 6.30. The summed E-state index contributed by atoms with van der Waals surface area (Å²) in [5.41, 5.74) is 2.30. The number of thiazole rings is 1. The second-order valence-electron chi connectivity index (χ2n) is 7.27. The lowest BCUT2D eigenvalue weighted by atomic mass is 9.97. The van der Waals surface area contributed by atoms with E-state index in [-0.39, 0.29) is 0 Å². The summed E-state index contributed by atoms with van der Waals surface area (Å²) in [6.45, 7) is 7.20. The Balaban J connectivity index is 1.17. The summed E-state index contributed by atoms with van der Waals surface area (Å²) in [6, 6.07) is 16.6. The van der Waals surface area contributed by atoms with Gasteiger partial charge in [-0.1, -0.05) is 41.7 Å². The number of piperidine rings is 1. The SMILES string of the molecule is Cc1ccccc1OCCN1CCC(CNc2nc3ccccc3s2)CC1. The van der Waals surface area contributed by atoms with Gasteiger partial charge in [0.25, 0.3) is 0 Å². The molecule has 2 aromatic carbocycles. The smallest absolute Gasteiger partial charge is 0.183 e. The van der Waals surface area contributed by atoms with E-state index in [2.05, 4.69) is 58.5 Å². The molecule has 4 rings (SSSR count). The van der Waals surface area contributed by atoms with Crippen molar-refractivity contribution in [2.75, 3.05) is 38.1 Å². The predicted octanol–water partition coefficient (Wildman–Crippen LogP) is 4.81. The lowest BCUT2D eigenvalue weighted by Gasteiger charge is -2.31. The number of nitrogens with one attached hydrogen (secondary N) is 1. The van der Waals surface area contributed by atoms with Crippen molar-refractivity contribution in [2.24, 2.45) is 5.92 Å². The number of anilines is 1. The molecule has 142 valence electrons. The summed E-state index contributed by atoms with van der Waals surface area (Å²) in [7, 11) is 0. The highest BCUT2D eigenvalue weighted by molar-refractivity contribution is 7.22. The van der Waals surface area contributed by atoms with Gasteiger partial charge in [-0.2, -0.15) is 0 Å². The van der Waals surface area contributed by atoms with Gasteiger partial charge in [-0.05, 0) is 62.5 Å². The number of para-hydroxylation sites is 2. The number of rotatable bonds is 7. The maximum Gasteiger partial charge on any atom is 0.183 e. The van der Waals surface area contributed by atoms with E-state index in [4.69, 9.17) is 4.74 Å². The van der Waals surface area contributed by atoms with Gasteiger partial charge in [0.15, 0.2) is 5.13 Å². The summed E-state index contributed by atoms with van der Waals surface area (Å²) < 4.78 is 7.19. The van der Waals surface area contributed by atoms with Crippen LogP contribution in [0.15, 0.2) is 48.5 Å². The predicted molar refractivity (Wildman–Crippen MR) is 114 cm³/mol. The molecule has 0 bridgehead atoms. The molecule has 2 heterocycles. The van der Waals surface area contributed by atoms with Gasteiger partial charge in [0.05, 0.1) is 10.2 Å². The first-order valence-electron chi connectivity index (χ1n) is 9.78. The largest absolute Gasteiger partial charge is 0.492 e. The van der Waals surface area contributed by atoms with Crippen LogP contribution in [0.2, 0.25) is 0 Å². The molecule has 5 heteroatoms. The minimum absolute atomic E-state index is 0.727. The molecule has 0 radical (unpaired) electrons. The fraction of sp³-hybridized carbons (Fsp3) is 0.409. The number of aryl methyl sites for hydroxylation is 1. The van der Waals surface area contributed by atoms with E-state index in [0.717, 1.165) is 55.1 Å². The second-order valence-corrected chi connectivity index (χ2v) is 8.30. The lowest BCUT2D eigenvalue weighted by Crippen LogP contribution is -2.38. The van der Waals surface area contributed by atoms with Gasteiger partial charge in [0.1, 0.15) is 12.4 Å². The van der Waals surface area contributed by atoms with E-state index < -0.39 is 0 Å². The first kappa shape index (κ1) is 18.3. The van der Waals surface area contributed by atoms with Gasteiger partial charge in [-0.3, -0.25) is 4.90 Å². The minimum atomic E-state index is 0.727. The Morgan fingerprint density at radius 2 is 1.89 bits per heavy atom. The maximum absolute atomic E-state index is 5.94. The van der Waals surface area contributed by atoms with Crippen LogP contribution in [0.25, 0.3) is 10.2 Å². The van der Waals surface area contributed by atoms with Gasteiger partial charge in [0.2, 0.25) is 0 Å². The molecular weight excluding hydrogens is 354 g/mol. The normalized spacial score (nSPS) is 15.9. The zero-order valence-corrected chi connectivity index (χ0v) is 16.7. The molecule has 0 unspecified atom stereocenters. The highest BCUT2D eigenvalue weighted by atomic mass is 32.1. The molecular formula is C22H27N3OS. The lowest BCUT2D eigenvalue weighted by molar-refractivity contribution is 0.158. The molecule has 1 aliphatic heterocycles. The molecule has 0 atom stereocenters. The summed E-state index contributed by atoms with van der Waals surface area (Å²) in [6.07, 6.45) is 2.48. The topological polar surface area (TPSA) is 37.4 Å². The number of fused-ring (bicyclic) bond motifs is 1. The molecule has 1 aromatic heterocycles. The standard InChI is InChI=1S/C22H27N3OS/c1-17-6-2-4-8-20(17)26-15-14-25-12-10-18(11-13-25)16-23-22-24-19-7-3-5-9-21(19)27-22/h2-9,18H,10-16H2,1H3,(H,23,24). The van der Waals surface area contributed by atoms with Gasteiger partial charge in [-0.15, -0.1) is 0 Å². The van der Waals surface area contributed by atoms with Gasteiger partial charge < -0.3 is 10.1 Å². The highest BCUT2D eigenvalue weighted by Crippen LogP contribution is 2.26. The molecule has 1 aliphatic rings. The van der Waals surface area contributed by atoms with Gasteiger partial charge in [0, 0.05) is 13.1 Å². The van der Waals surface area contributed by atoms with Crippen molar-refractivity contribution >= 4 is 26.7 Å². The van der Waals surface area contributed by atoms with Crippen molar-refractivity contribution in [1.29, 1.82) is 0 Å². The monoisotopic (exact) mass is 381 g/mol. The molecule has 1 N–H and O–H groups in total. The number of hydrogen-bond donors (Lipinski definition) is 1. The average Bonchev–Trinajstić information content (AvgIpc) is 3.12. The molecule has 0 aliphatic carbocycles. The van der Waals surface area contributed by atoms with Gasteiger partial charge in [-0.25, -0.2) is 4.98 Å². The number of benzene rings is 2. The van der Waals surface area contributed by atoms with Crippen LogP contribution in [0.3, 0.4) is 0 Å². The van der Waals surface area contributed by atoms with E-state index in [1.54, 1.807) is 11.3 Å². The Hall–Kier alpha value is -2.11. The van der Waals surface area contributed by atoms with E-state index in [1.165, 1.54) is 23.1 Å². The van der Waals surface area contributed by atoms with E-state index in [9.17, 15) is 0 Å². The molecule has 0 saturated carbocycles. The quantitative estimate of drug-likeness (QED) is 0.637. The molecule has 4 nitrogen and oxygen atoms in total. The number of ether oxygens (including phenoxy) is 1. The number of nitrogens with zero attached hydrogens (tertiary/aromatic N) is 2. The first-order valence-corrected chi connectivity index (χ1v) is 10.6. The van der Waals surface area contributed by atoms with Crippen molar-refractivity contribution in [3.05, 3.63) is 54.1 Å². The number of hydrogen-bond acceptors (Lipinski definition) is 5.